The third kappa shape index (κ3) is 4.15. The number of dihydropyridines is 1. The summed E-state index contributed by atoms with van der Waals surface area (Å²) in [5.74, 6) is -1.41. The minimum Gasteiger partial charge on any atom is -0.462 e. The number of carbonyl (C=O) groups is 2. The van der Waals surface area contributed by atoms with Crippen LogP contribution in [0.3, 0.4) is 0 Å². The fourth-order valence-corrected chi connectivity index (χ4v) is 2.26. The predicted molar refractivity (Wildman–Crippen MR) is 91.5 cm³/mol. The lowest BCUT2D eigenvalue weighted by molar-refractivity contribution is -0.138. The molecule has 1 heterocycles. The van der Waals surface area contributed by atoms with E-state index in [1.54, 1.807) is 19.9 Å². The van der Waals surface area contributed by atoms with Gasteiger partial charge in [-0.25, -0.2) is 9.59 Å². The van der Waals surface area contributed by atoms with E-state index in [1.807, 2.05) is 36.4 Å². The topological polar surface area (TPSA) is 88.4 Å². The molecule has 1 aliphatic rings. The molecule has 1 aliphatic heterocycles. The highest BCUT2D eigenvalue weighted by Crippen LogP contribution is 2.25. The maximum Gasteiger partial charge on any atom is 0.351 e. The number of nitrogens with zero attached hydrogens (tertiary/aromatic N) is 1. The summed E-state index contributed by atoms with van der Waals surface area (Å²) < 4.78 is 9.93. The zero-order chi connectivity index (χ0) is 18.2. The molecule has 1 N–H and O–H groups in total. The van der Waals surface area contributed by atoms with Crippen molar-refractivity contribution in [1.82, 2.24) is 5.32 Å². The van der Waals surface area contributed by atoms with Crippen LogP contribution in [0.15, 0.2) is 59.3 Å². The van der Waals surface area contributed by atoms with Gasteiger partial charge in [0.1, 0.15) is 6.07 Å². The first-order chi connectivity index (χ1) is 12.1. The number of nitrogens with one attached hydrogen (secondary N) is 1. The van der Waals surface area contributed by atoms with Crippen LogP contribution in [0.25, 0.3) is 5.70 Å². The van der Waals surface area contributed by atoms with Crippen LogP contribution in [0.1, 0.15) is 19.4 Å². The van der Waals surface area contributed by atoms with E-state index in [2.05, 4.69) is 5.32 Å². The van der Waals surface area contributed by atoms with Gasteiger partial charge >= 0.3 is 11.9 Å². The number of esters is 2. The van der Waals surface area contributed by atoms with Gasteiger partial charge in [0.25, 0.3) is 0 Å². The SMILES string of the molecule is CCOC(=O)C1=CC=C(c2ccccc2)NC1=C(C#N)C(=O)OCC. The number of hydrogen-bond acceptors (Lipinski definition) is 6. The Morgan fingerprint density at radius 2 is 1.76 bits per heavy atom. The largest absolute Gasteiger partial charge is 0.462 e. The number of carbonyl (C=O) groups excluding carboxylic acids is 2. The van der Waals surface area contributed by atoms with Gasteiger partial charge in [-0.2, -0.15) is 5.26 Å². The summed E-state index contributed by atoms with van der Waals surface area (Å²) in [7, 11) is 0. The average molecular weight is 338 g/mol. The molecule has 0 spiro atoms. The first-order valence-corrected chi connectivity index (χ1v) is 7.85. The second-order valence-electron chi connectivity index (χ2n) is 4.95. The minimum atomic E-state index is -0.794. The van der Waals surface area contributed by atoms with Crippen molar-refractivity contribution >= 4 is 17.6 Å². The predicted octanol–water partition coefficient (Wildman–Crippen LogP) is 2.46. The number of benzene rings is 1. The Labute approximate surface area is 146 Å². The number of ether oxygens (including phenoxy) is 2. The fraction of sp³-hybridized carbons (Fsp3) is 0.211. The first kappa shape index (κ1) is 18.0. The molecule has 6 nitrogen and oxygen atoms in total. The standard InChI is InChI=1S/C19H18N2O4/c1-3-24-18(22)14-10-11-16(13-8-6-5-7-9-13)21-17(14)15(12-20)19(23)25-4-2/h5-11,21H,3-4H2,1-2H3. The lowest BCUT2D eigenvalue weighted by Crippen LogP contribution is -2.26. The van der Waals surface area contributed by atoms with Crippen molar-refractivity contribution in [2.24, 2.45) is 0 Å². The molecule has 0 saturated carbocycles. The molecule has 128 valence electrons. The summed E-state index contributed by atoms with van der Waals surface area (Å²) in [4.78, 5) is 24.3. The minimum absolute atomic E-state index is 0.0840. The van der Waals surface area contributed by atoms with E-state index in [1.165, 1.54) is 6.08 Å². The van der Waals surface area contributed by atoms with Crippen molar-refractivity contribution in [2.45, 2.75) is 13.8 Å². The van der Waals surface area contributed by atoms with E-state index >= 15 is 0 Å². The molecule has 0 aromatic heterocycles. The zero-order valence-corrected chi connectivity index (χ0v) is 14.0. The number of allylic oxidation sites excluding steroid dienone is 2. The Balaban J connectivity index is 2.53. The Hall–Kier alpha value is -3.33. The molecule has 0 amide bonds. The van der Waals surface area contributed by atoms with Crippen molar-refractivity contribution in [1.29, 1.82) is 5.26 Å². The Morgan fingerprint density at radius 3 is 2.36 bits per heavy atom. The fourth-order valence-electron chi connectivity index (χ4n) is 2.26. The van der Waals surface area contributed by atoms with Gasteiger partial charge in [-0.15, -0.1) is 0 Å². The van der Waals surface area contributed by atoms with Gasteiger partial charge in [0, 0.05) is 5.70 Å². The third-order valence-electron chi connectivity index (χ3n) is 3.37. The summed E-state index contributed by atoms with van der Waals surface area (Å²) >= 11 is 0. The highest BCUT2D eigenvalue weighted by Gasteiger charge is 2.27. The summed E-state index contributed by atoms with van der Waals surface area (Å²) in [5.41, 5.74) is 1.41. The highest BCUT2D eigenvalue weighted by molar-refractivity contribution is 6.02. The third-order valence-corrected chi connectivity index (χ3v) is 3.37. The average Bonchev–Trinajstić information content (AvgIpc) is 2.63. The van der Waals surface area contributed by atoms with Gasteiger partial charge in [-0.3, -0.25) is 0 Å². The van der Waals surface area contributed by atoms with E-state index in [-0.39, 0.29) is 30.1 Å². The molecule has 1 aromatic rings. The van der Waals surface area contributed by atoms with Gasteiger partial charge in [0.05, 0.1) is 24.5 Å². The molecule has 0 bridgehead atoms. The van der Waals surface area contributed by atoms with E-state index in [4.69, 9.17) is 9.47 Å². The summed E-state index contributed by atoms with van der Waals surface area (Å²) in [6.07, 6.45) is 3.23. The van der Waals surface area contributed by atoms with Crippen molar-refractivity contribution in [3.8, 4) is 6.07 Å². The lowest BCUT2D eigenvalue weighted by atomic mass is 10.0. The zero-order valence-electron chi connectivity index (χ0n) is 14.0. The summed E-state index contributed by atoms with van der Waals surface area (Å²) in [5, 5.41) is 12.4. The molecule has 1 aromatic carbocycles. The van der Waals surface area contributed by atoms with Crippen LogP contribution in [-0.4, -0.2) is 25.2 Å². The quantitative estimate of drug-likeness (QED) is 0.504. The number of hydrogen-bond donors (Lipinski definition) is 1. The molecule has 6 heteroatoms. The van der Waals surface area contributed by atoms with Crippen molar-refractivity contribution in [3.63, 3.8) is 0 Å². The second-order valence-corrected chi connectivity index (χ2v) is 4.95. The van der Waals surface area contributed by atoms with Crippen LogP contribution in [0.2, 0.25) is 0 Å². The van der Waals surface area contributed by atoms with E-state index < -0.39 is 11.9 Å². The maximum atomic E-state index is 12.2. The second kappa shape index (κ2) is 8.50. The molecule has 0 unspecified atom stereocenters. The van der Waals surface area contributed by atoms with E-state index in [0.29, 0.717) is 5.70 Å². The van der Waals surface area contributed by atoms with Crippen LogP contribution in [0, 0.1) is 11.3 Å². The molecule has 2 rings (SSSR count). The summed E-state index contributed by atoms with van der Waals surface area (Å²) in [6.45, 7) is 3.63. The number of rotatable bonds is 5. The Kier molecular flexibility index (Phi) is 6.13. The Bertz CT molecular complexity index is 798. The van der Waals surface area contributed by atoms with Crippen LogP contribution >= 0.6 is 0 Å². The molecular formula is C19H18N2O4. The molecule has 0 aliphatic carbocycles. The maximum absolute atomic E-state index is 12.2. The Morgan fingerprint density at radius 1 is 1.08 bits per heavy atom. The van der Waals surface area contributed by atoms with Gasteiger partial charge in [0.15, 0.2) is 5.57 Å². The molecule has 0 radical (unpaired) electrons. The smallest absolute Gasteiger partial charge is 0.351 e. The van der Waals surface area contributed by atoms with Crippen LogP contribution in [-0.2, 0) is 19.1 Å². The van der Waals surface area contributed by atoms with Crippen molar-refractivity contribution in [3.05, 3.63) is 64.9 Å². The van der Waals surface area contributed by atoms with Gasteiger partial charge in [0.2, 0.25) is 0 Å². The van der Waals surface area contributed by atoms with Crippen molar-refractivity contribution < 1.29 is 19.1 Å². The summed E-state index contributed by atoms with van der Waals surface area (Å²) in [6, 6.07) is 11.2. The molecule has 0 atom stereocenters. The highest BCUT2D eigenvalue weighted by atomic mass is 16.5. The molecular weight excluding hydrogens is 320 g/mol. The van der Waals surface area contributed by atoms with Gasteiger partial charge in [-0.05, 0) is 31.6 Å². The van der Waals surface area contributed by atoms with E-state index in [9.17, 15) is 14.9 Å². The molecule has 0 saturated heterocycles. The van der Waals surface area contributed by atoms with Crippen LogP contribution < -0.4 is 5.32 Å². The normalized spacial score (nSPS) is 15.1. The molecule has 25 heavy (non-hydrogen) atoms. The van der Waals surface area contributed by atoms with Crippen molar-refractivity contribution in [2.75, 3.05) is 13.2 Å². The van der Waals surface area contributed by atoms with Crippen LogP contribution in [0.4, 0.5) is 0 Å². The lowest BCUT2D eigenvalue weighted by Gasteiger charge is -2.21. The first-order valence-electron chi connectivity index (χ1n) is 7.85. The van der Waals surface area contributed by atoms with Gasteiger partial charge in [-0.1, -0.05) is 30.3 Å². The number of nitriles is 1. The van der Waals surface area contributed by atoms with E-state index in [0.717, 1.165) is 5.56 Å². The van der Waals surface area contributed by atoms with Crippen LogP contribution in [0.5, 0.6) is 0 Å². The monoisotopic (exact) mass is 338 g/mol. The van der Waals surface area contributed by atoms with Gasteiger partial charge < -0.3 is 14.8 Å². The molecule has 0 fully saturated rings.